The number of hydrogen-bond acceptors (Lipinski definition) is 0. The second kappa shape index (κ2) is 6.33. The molecule has 1 heteroatoms. The van der Waals surface area contributed by atoms with Crippen LogP contribution >= 0.6 is 0 Å². The normalized spacial score (nSPS) is 14.3. The lowest BCUT2D eigenvalue weighted by atomic mass is 9.61. The summed E-state index contributed by atoms with van der Waals surface area (Å²) in [4.78, 5) is 3.70. The summed E-state index contributed by atoms with van der Waals surface area (Å²) < 4.78 is 0. The zero-order valence-electron chi connectivity index (χ0n) is 19.5. The molecule has 1 N–H and O–H groups in total. The number of hydrogen-bond donors (Lipinski definition) is 1. The summed E-state index contributed by atoms with van der Waals surface area (Å²) in [5.74, 6) is 0. The molecule has 6 aromatic carbocycles. The molecule has 7 aromatic rings. The molecule has 0 bridgehead atoms. The maximum atomic E-state index is 3.70. The average molecular weight is 456 g/mol. The Balaban J connectivity index is 1.61. The van der Waals surface area contributed by atoms with Gasteiger partial charge < -0.3 is 4.98 Å². The zero-order chi connectivity index (χ0) is 23.4. The SMILES string of the molecule is c1ccc2c(c1)-c1ccccc1C21c2ccc3[nH]c4ccccc4c3c2-c2cccc3cccc1c23. The van der Waals surface area contributed by atoms with E-state index in [-0.39, 0.29) is 5.41 Å². The molecule has 0 fully saturated rings. The lowest BCUT2D eigenvalue weighted by Gasteiger charge is -2.40. The van der Waals surface area contributed by atoms with E-state index < -0.39 is 0 Å². The third kappa shape index (κ3) is 1.98. The standard InChI is InChI=1S/C35H21N/c1-4-15-26-22(11-1)23-12-2-5-16-27(23)35(26)28-17-8-10-21-9-7-14-25(32(21)28)33-29(35)19-20-31-34(33)24-13-3-6-18-30(24)36-31/h1-20,36H. The van der Waals surface area contributed by atoms with Gasteiger partial charge >= 0.3 is 0 Å². The fourth-order valence-corrected chi connectivity index (χ4v) is 7.36. The number of rotatable bonds is 0. The van der Waals surface area contributed by atoms with E-state index in [4.69, 9.17) is 0 Å². The Morgan fingerprint density at radius 2 is 1.06 bits per heavy atom. The van der Waals surface area contributed by atoms with Gasteiger partial charge in [-0.3, -0.25) is 0 Å². The number of aromatic nitrogens is 1. The van der Waals surface area contributed by atoms with Gasteiger partial charge in [-0.15, -0.1) is 0 Å². The van der Waals surface area contributed by atoms with Gasteiger partial charge in [0.2, 0.25) is 0 Å². The van der Waals surface area contributed by atoms with E-state index in [0.717, 1.165) is 0 Å². The molecule has 1 nitrogen and oxygen atoms in total. The quantitative estimate of drug-likeness (QED) is 0.235. The van der Waals surface area contributed by atoms with Crippen molar-refractivity contribution in [3.05, 3.63) is 144 Å². The lowest BCUT2D eigenvalue weighted by molar-refractivity contribution is 0.775. The first-order chi connectivity index (χ1) is 17.9. The molecule has 1 heterocycles. The van der Waals surface area contributed by atoms with E-state index in [1.807, 2.05) is 0 Å². The number of fused-ring (bicyclic) bond motifs is 13. The largest absolute Gasteiger partial charge is 0.354 e. The minimum Gasteiger partial charge on any atom is -0.354 e. The van der Waals surface area contributed by atoms with E-state index in [9.17, 15) is 0 Å². The van der Waals surface area contributed by atoms with Crippen LogP contribution in [-0.2, 0) is 5.41 Å². The minimum atomic E-state index is -0.358. The van der Waals surface area contributed by atoms with Gasteiger partial charge in [0.1, 0.15) is 0 Å². The van der Waals surface area contributed by atoms with Gasteiger partial charge in [0.05, 0.1) is 5.41 Å². The molecular weight excluding hydrogens is 434 g/mol. The van der Waals surface area contributed by atoms with Crippen molar-refractivity contribution in [3.8, 4) is 22.3 Å². The van der Waals surface area contributed by atoms with E-state index in [0.29, 0.717) is 0 Å². The van der Waals surface area contributed by atoms with Gasteiger partial charge in [-0.25, -0.2) is 0 Å². The van der Waals surface area contributed by atoms with Crippen LogP contribution < -0.4 is 0 Å². The number of para-hydroxylation sites is 1. The molecule has 0 amide bonds. The first kappa shape index (κ1) is 18.7. The van der Waals surface area contributed by atoms with Crippen LogP contribution in [0.1, 0.15) is 22.3 Å². The highest BCUT2D eigenvalue weighted by Crippen LogP contribution is 2.62. The average Bonchev–Trinajstić information content (AvgIpc) is 3.46. The van der Waals surface area contributed by atoms with Crippen molar-refractivity contribution in [1.82, 2.24) is 4.98 Å². The number of nitrogens with one attached hydrogen (secondary N) is 1. The molecule has 1 aromatic heterocycles. The van der Waals surface area contributed by atoms with Crippen LogP contribution in [0.5, 0.6) is 0 Å². The summed E-state index contributed by atoms with van der Waals surface area (Å²) in [6.45, 7) is 0. The van der Waals surface area contributed by atoms with E-state index in [2.05, 4.69) is 126 Å². The molecule has 0 saturated heterocycles. The summed E-state index contributed by atoms with van der Waals surface area (Å²) in [5.41, 5.74) is 12.9. The van der Waals surface area contributed by atoms with Gasteiger partial charge in [0, 0.05) is 21.8 Å². The Hall–Kier alpha value is -4.62. The van der Waals surface area contributed by atoms with E-state index in [1.54, 1.807) is 0 Å². The van der Waals surface area contributed by atoms with Crippen molar-refractivity contribution in [2.45, 2.75) is 5.41 Å². The van der Waals surface area contributed by atoms with Gasteiger partial charge in [-0.05, 0) is 67.4 Å². The molecule has 9 rings (SSSR count). The van der Waals surface area contributed by atoms with Crippen molar-refractivity contribution >= 4 is 32.6 Å². The highest BCUT2D eigenvalue weighted by atomic mass is 14.7. The topological polar surface area (TPSA) is 15.8 Å². The van der Waals surface area contributed by atoms with Crippen LogP contribution in [0.3, 0.4) is 0 Å². The highest BCUT2D eigenvalue weighted by Gasteiger charge is 2.50. The Morgan fingerprint density at radius 3 is 1.86 bits per heavy atom. The molecule has 2 aliphatic carbocycles. The maximum absolute atomic E-state index is 3.70. The smallest absolute Gasteiger partial charge is 0.0726 e. The Bertz CT molecular complexity index is 2000. The lowest BCUT2D eigenvalue weighted by Crippen LogP contribution is -2.31. The predicted octanol–water partition coefficient (Wildman–Crippen LogP) is 8.82. The molecule has 0 atom stereocenters. The van der Waals surface area contributed by atoms with Crippen molar-refractivity contribution in [2.24, 2.45) is 0 Å². The summed E-state index contributed by atoms with van der Waals surface area (Å²) in [6.07, 6.45) is 0. The Labute approximate surface area is 208 Å². The first-order valence-electron chi connectivity index (χ1n) is 12.6. The van der Waals surface area contributed by atoms with Crippen LogP contribution in [0.4, 0.5) is 0 Å². The molecule has 1 spiro atoms. The Morgan fingerprint density at radius 1 is 0.417 bits per heavy atom. The van der Waals surface area contributed by atoms with Gasteiger partial charge in [-0.1, -0.05) is 109 Å². The van der Waals surface area contributed by atoms with Crippen molar-refractivity contribution in [3.63, 3.8) is 0 Å². The van der Waals surface area contributed by atoms with Crippen LogP contribution in [0.15, 0.2) is 121 Å². The maximum Gasteiger partial charge on any atom is 0.0726 e. The number of H-pyrrole nitrogens is 1. The van der Waals surface area contributed by atoms with Crippen LogP contribution in [0, 0.1) is 0 Å². The minimum absolute atomic E-state index is 0.358. The molecule has 0 aliphatic heterocycles. The molecule has 0 radical (unpaired) electrons. The molecule has 0 saturated carbocycles. The first-order valence-corrected chi connectivity index (χ1v) is 12.6. The molecule has 36 heavy (non-hydrogen) atoms. The van der Waals surface area contributed by atoms with E-state index in [1.165, 1.54) is 77.1 Å². The third-order valence-electron chi connectivity index (χ3n) is 8.61. The summed E-state index contributed by atoms with van der Waals surface area (Å²) in [6, 6.07) is 45.2. The van der Waals surface area contributed by atoms with Crippen LogP contribution in [-0.4, -0.2) is 4.98 Å². The van der Waals surface area contributed by atoms with Crippen molar-refractivity contribution in [1.29, 1.82) is 0 Å². The zero-order valence-corrected chi connectivity index (χ0v) is 19.5. The number of aromatic amines is 1. The van der Waals surface area contributed by atoms with Gasteiger partial charge in [-0.2, -0.15) is 0 Å². The molecule has 166 valence electrons. The van der Waals surface area contributed by atoms with Crippen LogP contribution in [0.25, 0.3) is 54.8 Å². The second-order valence-electron chi connectivity index (χ2n) is 10.1. The second-order valence-corrected chi connectivity index (χ2v) is 10.1. The van der Waals surface area contributed by atoms with Gasteiger partial charge in [0.25, 0.3) is 0 Å². The fraction of sp³-hybridized carbons (Fsp3) is 0.0286. The van der Waals surface area contributed by atoms with Crippen molar-refractivity contribution in [2.75, 3.05) is 0 Å². The highest BCUT2D eigenvalue weighted by molar-refractivity contribution is 6.20. The summed E-state index contributed by atoms with van der Waals surface area (Å²) in [5, 5.41) is 5.28. The van der Waals surface area contributed by atoms with Gasteiger partial charge in [0.15, 0.2) is 0 Å². The van der Waals surface area contributed by atoms with E-state index >= 15 is 0 Å². The van der Waals surface area contributed by atoms with Crippen molar-refractivity contribution < 1.29 is 0 Å². The Kier molecular flexibility index (Phi) is 3.28. The molecule has 0 unspecified atom stereocenters. The molecule has 2 aliphatic rings. The number of benzene rings is 6. The third-order valence-corrected chi connectivity index (χ3v) is 8.61. The molecular formula is C35H21N. The predicted molar refractivity (Wildman–Crippen MR) is 150 cm³/mol. The van der Waals surface area contributed by atoms with Crippen LogP contribution in [0.2, 0.25) is 0 Å². The fourth-order valence-electron chi connectivity index (χ4n) is 7.36. The summed E-state index contributed by atoms with van der Waals surface area (Å²) in [7, 11) is 0. The monoisotopic (exact) mass is 455 g/mol. The summed E-state index contributed by atoms with van der Waals surface area (Å²) >= 11 is 0.